The maximum absolute atomic E-state index is 12.9. The fourth-order valence-electron chi connectivity index (χ4n) is 3.16. The van der Waals surface area contributed by atoms with Crippen molar-refractivity contribution in [3.05, 3.63) is 67.8 Å². The molecule has 2 aromatic heterocycles. The monoisotopic (exact) mass is 342 g/mol. The van der Waals surface area contributed by atoms with Crippen LogP contribution < -0.4 is 16.6 Å². The van der Waals surface area contributed by atoms with Crippen molar-refractivity contribution in [3.63, 3.8) is 0 Å². The molecule has 3 rings (SSSR count). The molecule has 0 aliphatic carbocycles. The maximum atomic E-state index is 12.9. The first kappa shape index (κ1) is 16.7. The molecule has 0 radical (unpaired) electrons. The number of methoxy groups -OCH3 is 1. The van der Waals surface area contributed by atoms with Gasteiger partial charge in [-0.2, -0.15) is 0 Å². The summed E-state index contributed by atoms with van der Waals surface area (Å²) in [6, 6.07) is 3.47. The van der Waals surface area contributed by atoms with E-state index in [1.807, 2.05) is 0 Å². The quantitative estimate of drug-likeness (QED) is 0.798. The van der Waals surface area contributed by atoms with E-state index in [1.165, 1.54) is 18.7 Å². The highest BCUT2D eigenvalue weighted by molar-refractivity contribution is 5.94. The Kier molecular flexibility index (Phi) is 4.03. The minimum Gasteiger partial charge on any atom is -0.466 e. The van der Waals surface area contributed by atoms with Crippen LogP contribution >= 0.6 is 0 Å². The van der Waals surface area contributed by atoms with Crippen molar-refractivity contribution < 1.29 is 9.53 Å². The molecule has 3 heterocycles. The van der Waals surface area contributed by atoms with Gasteiger partial charge in [0, 0.05) is 32.2 Å². The van der Waals surface area contributed by atoms with Crippen molar-refractivity contribution in [3.8, 4) is 0 Å². The lowest BCUT2D eigenvalue weighted by Crippen LogP contribution is -2.43. The van der Waals surface area contributed by atoms with Crippen LogP contribution in [0.15, 0.2) is 45.4 Å². The van der Waals surface area contributed by atoms with Gasteiger partial charge in [0.1, 0.15) is 5.82 Å². The number of aromatic nitrogens is 3. The summed E-state index contributed by atoms with van der Waals surface area (Å²) in [6.07, 6.45) is 3.18. The van der Waals surface area contributed by atoms with Gasteiger partial charge < -0.3 is 10.1 Å². The Labute approximate surface area is 143 Å². The highest BCUT2D eigenvalue weighted by Gasteiger charge is 2.36. The Morgan fingerprint density at radius 1 is 1.20 bits per heavy atom. The SMILES string of the molecule is COC(=O)C1=C(C)Nc2c(c(=O)n(C)c(=O)n2C)[C@@H]1c1ccncc1. The van der Waals surface area contributed by atoms with Crippen LogP contribution in [0.3, 0.4) is 0 Å². The first-order valence-corrected chi connectivity index (χ1v) is 7.64. The first-order valence-electron chi connectivity index (χ1n) is 7.64. The second-order valence-corrected chi connectivity index (χ2v) is 5.84. The molecule has 0 bridgehead atoms. The highest BCUT2D eigenvalue weighted by Crippen LogP contribution is 2.39. The van der Waals surface area contributed by atoms with Crippen molar-refractivity contribution in [2.45, 2.75) is 12.8 Å². The summed E-state index contributed by atoms with van der Waals surface area (Å²) in [5.41, 5.74) is 0.997. The Bertz CT molecular complexity index is 1000. The van der Waals surface area contributed by atoms with Crippen molar-refractivity contribution in [1.29, 1.82) is 0 Å². The number of hydrogen-bond acceptors (Lipinski definition) is 6. The lowest BCUT2D eigenvalue weighted by molar-refractivity contribution is -0.136. The zero-order chi connectivity index (χ0) is 18.3. The Morgan fingerprint density at radius 3 is 2.44 bits per heavy atom. The molecular formula is C17H18N4O4. The summed E-state index contributed by atoms with van der Waals surface area (Å²) in [6.45, 7) is 1.71. The van der Waals surface area contributed by atoms with E-state index in [2.05, 4.69) is 10.3 Å². The maximum Gasteiger partial charge on any atom is 0.336 e. The minimum atomic E-state index is -0.655. The summed E-state index contributed by atoms with van der Waals surface area (Å²) in [7, 11) is 4.28. The molecule has 1 aliphatic rings. The minimum absolute atomic E-state index is 0.321. The van der Waals surface area contributed by atoms with Crippen LogP contribution in [0.1, 0.15) is 24.0 Å². The molecule has 0 unspecified atom stereocenters. The lowest BCUT2D eigenvalue weighted by atomic mass is 9.82. The predicted molar refractivity (Wildman–Crippen MR) is 91.3 cm³/mol. The van der Waals surface area contributed by atoms with E-state index in [4.69, 9.17) is 4.74 Å². The van der Waals surface area contributed by atoms with Crippen LogP contribution in [0.25, 0.3) is 0 Å². The number of allylic oxidation sites excluding steroid dienone is 1. The van der Waals surface area contributed by atoms with Crippen molar-refractivity contribution >= 4 is 11.8 Å². The largest absolute Gasteiger partial charge is 0.466 e. The molecule has 0 amide bonds. The molecule has 0 fully saturated rings. The first-order chi connectivity index (χ1) is 11.9. The number of nitrogens with one attached hydrogen (secondary N) is 1. The molecule has 8 nitrogen and oxygen atoms in total. The fourth-order valence-corrected chi connectivity index (χ4v) is 3.16. The van der Waals surface area contributed by atoms with Gasteiger partial charge in [0.25, 0.3) is 5.56 Å². The third-order valence-electron chi connectivity index (χ3n) is 4.43. The number of ether oxygens (including phenoxy) is 1. The van der Waals surface area contributed by atoms with Gasteiger partial charge in [0.2, 0.25) is 0 Å². The second-order valence-electron chi connectivity index (χ2n) is 5.84. The molecule has 25 heavy (non-hydrogen) atoms. The van der Waals surface area contributed by atoms with Crippen LogP contribution in [0.5, 0.6) is 0 Å². The highest BCUT2D eigenvalue weighted by atomic mass is 16.5. The average molecular weight is 342 g/mol. The Hall–Kier alpha value is -3.16. The number of carbonyl (C=O) groups excluding carboxylic acids is 1. The zero-order valence-corrected chi connectivity index (χ0v) is 14.4. The molecule has 0 saturated heterocycles. The van der Waals surface area contributed by atoms with Gasteiger partial charge in [-0.1, -0.05) is 0 Å². The van der Waals surface area contributed by atoms with Gasteiger partial charge in [-0.3, -0.25) is 18.9 Å². The topological polar surface area (TPSA) is 95.2 Å². The fraction of sp³-hybridized carbons (Fsp3) is 0.294. The molecule has 130 valence electrons. The van der Waals surface area contributed by atoms with E-state index in [-0.39, 0.29) is 0 Å². The van der Waals surface area contributed by atoms with Gasteiger partial charge in [-0.05, 0) is 24.6 Å². The molecule has 1 aliphatic heterocycles. The smallest absolute Gasteiger partial charge is 0.336 e. The molecule has 2 aromatic rings. The molecule has 0 aromatic carbocycles. The van der Waals surface area contributed by atoms with E-state index in [1.54, 1.807) is 38.5 Å². The van der Waals surface area contributed by atoms with E-state index >= 15 is 0 Å². The number of carbonyl (C=O) groups is 1. The van der Waals surface area contributed by atoms with Gasteiger partial charge in [-0.25, -0.2) is 9.59 Å². The van der Waals surface area contributed by atoms with Crippen molar-refractivity contribution in [2.75, 3.05) is 12.4 Å². The number of esters is 1. The number of anilines is 1. The standard InChI is InChI=1S/C17H18N4O4/c1-9-11(16(23)25-4)12(10-5-7-18-8-6-10)13-14(19-9)20(2)17(24)21(3)15(13)22/h5-8,12,19H,1-4H3/t12-/m1/s1. The number of fused-ring (bicyclic) bond motifs is 1. The number of hydrogen-bond donors (Lipinski definition) is 1. The summed E-state index contributed by atoms with van der Waals surface area (Å²) < 4.78 is 7.32. The summed E-state index contributed by atoms with van der Waals surface area (Å²) in [5, 5.41) is 3.01. The van der Waals surface area contributed by atoms with Gasteiger partial charge in [-0.15, -0.1) is 0 Å². The average Bonchev–Trinajstić information content (AvgIpc) is 2.63. The van der Waals surface area contributed by atoms with Crippen LogP contribution in [-0.4, -0.2) is 27.2 Å². The second kappa shape index (κ2) is 6.04. The van der Waals surface area contributed by atoms with E-state index in [0.717, 1.165) is 4.57 Å². The summed E-state index contributed by atoms with van der Waals surface area (Å²) >= 11 is 0. The normalized spacial score (nSPS) is 16.2. The Morgan fingerprint density at radius 2 is 1.84 bits per heavy atom. The molecule has 1 N–H and O–H groups in total. The predicted octanol–water partition coefficient (Wildman–Crippen LogP) is 0.483. The molecular weight excluding hydrogens is 324 g/mol. The molecule has 8 heteroatoms. The zero-order valence-electron chi connectivity index (χ0n) is 14.4. The van der Waals surface area contributed by atoms with Crippen LogP contribution in [0.4, 0.5) is 5.82 Å². The Balaban J connectivity index is 2.42. The molecule has 0 saturated carbocycles. The number of rotatable bonds is 2. The number of pyridine rings is 1. The van der Waals surface area contributed by atoms with E-state index in [9.17, 15) is 14.4 Å². The van der Waals surface area contributed by atoms with Gasteiger partial charge in [0.05, 0.1) is 24.2 Å². The third-order valence-corrected chi connectivity index (χ3v) is 4.43. The van der Waals surface area contributed by atoms with Crippen molar-refractivity contribution in [2.24, 2.45) is 14.1 Å². The van der Waals surface area contributed by atoms with Crippen molar-refractivity contribution in [1.82, 2.24) is 14.1 Å². The van der Waals surface area contributed by atoms with Gasteiger partial charge in [0.15, 0.2) is 0 Å². The van der Waals surface area contributed by atoms with E-state index < -0.39 is 23.1 Å². The summed E-state index contributed by atoms with van der Waals surface area (Å²) in [5.74, 6) is -0.814. The van der Waals surface area contributed by atoms with Crippen LogP contribution in [0, 0.1) is 0 Å². The lowest BCUT2D eigenvalue weighted by Gasteiger charge is -2.30. The van der Waals surface area contributed by atoms with Crippen LogP contribution in [-0.2, 0) is 23.6 Å². The molecule has 1 atom stereocenters. The van der Waals surface area contributed by atoms with Crippen LogP contribution in [0.2, 0.25) is 0 Å². The van der Waals surface area contributed by atoms with E-state index in [0.29, 0.717) is 28.2 Å². The van der Waals surface area contributed by atoms with Gasteiger partial charge >= 0.3 is 11.7 Å². The third kappa shape index (κ3) is 2.46. The summed E-state index contributed by atoms with van der Waals surface area (Å²) in [4.78, 5) is 41.5. The number of nitrogens with zero attached hydrogens (tertiary/aromatic N) is 3. The molecule has 0 spiro atoms.